The fourth-order valence-electron chi connectivity index (χ4n) is 4.19. The van der Waals surface area contributed by atoms with E-state index in [1.54, 1.807) is 31.2 Å². The molecule has 1 saturated heterocycles. The topological polar surface area (TPSA) is 128 Å². The molecular weight excluding hydrogens is 472 g/mol. The molecule has 0 spiro atoms. The molecule has 1 aliphatic heterocycles. The number of ether oxygens (including phenoxy) is 3. The standard InChI is InChI=1S/C25H34N2O7S/c1-3-23(28)25(24(26)29,35(30,31)22-10-8-20(32-2)9-11-22)18-19-4-6-21(7-5-19)34-17-14-27-12-15-33-16-13-27/h4-11,23,28H,3,12-18H2,1-2H3,(H2,26,29). The van der Waals surface area contributed by atoms with Crippen molar-refractivity contribution in [3.8, 4) is 11.5 Å². The average molecular weight is 507 g/mol. The van der Waals surface area contributed by atoms with E-state index in [1.165, 1.54) is 31.4 Å². The van der Waals surface area contributed by atoms with Gasteiger partial charge in [0, 0.05) is 26.1 Å². The highest BCUT2D eigenvalue weighted by Gasteiger charge is 2.55. The third-order valence-electron chi connectivity index (χ3n) is 6.36. The molecule has 3 N–H and O–H groups in total. The van der Waals surface area contributed by atoms with Crippen LogP contribution in [-0.4, -0.2) is 81.7 Å². The average Bonchev–Trinajstić information content (AvgIpc) is 2.88. The molecule has 2 atom stereocenters. The molecule has 1 aliphatic rings. The van der Waals surface area contributed by atoms with Crippen LogP contribution < -0.4 is 15.2 Å². The number of hydrogen-bond donors (Lipinski definition) is 2. The Hall–Kier alpha value is -2.66. The number of aliphatic hydroxyl groups excluding tert-OH is 1. The minimum Gasteiger partial charge on any atom is -0.497 e. The molecule has 3 rings (SSSR count). The largest absolute Gasteiger partial charge is 0.497 e. The summed E-state index contributed by atoms with van der Waals surface area (Å²) in [5, 5.41) is 10.8. The zero-order chi connectivity index (χ0) is 25.5. The molecule has 192 valence electrons. The van der Waals surface area contributed by atoms with Gasteiger partial charge in [-0.25, -0.2) is 8.42 Å². The molecule has 2 aromatic rings. The van der Waals surface area contributed by atoms with E-state index < -0.39 is 26.6 Å². The Labute approximate surface area is 206 Å². The maximum Gasteiger partial charge on any atom is 0.242 e. The van der Waals surface area contributed by atoms with E-state index in [-0.39, 0.29) is 17.7 Å². The summed E-state index contributed by atoms with van der Waals surface area (Å²) in [4.78, 5) is 14.9. The molecule has 1 heterocycles. The van der Waals surface area contributed by atoms with Crippen molar-refractivity contribution in [2.75, 3.05) is 46.6 Å². The Morgan fingerprint density at radius 2 is 1.71 bits per heavy atom. The molecular formula is C25H34N2O7S. The van der Waals surface area contributed by atoms with E-state index in [4.69, 9.17) is 19.9 Å². The lowest BCUT2D eigenvalue weighted by molar-refractivity contribution is -0.123. The van der Waals surface area contributed by atoms with Gasteiger partial charge in [0.2, 0.25) is 5.91 Å². The van der Waals surface area contributed by atoms with Crippen LogP contribution in [0.15, 0.2) is 53.4 Å². The molecule has 35 heavy (non-hydrogen) atoms. The third-order valence-corrected chi connectivity index (χ3v) is 8.83. The minimum atomic E-state index is -4.36. The Morgan fingerprint density at radius 3 is 2.26 bits per heavy atom. The monoisotopic (exact) mass is 506 g/mol. The highest BCUT2D eigenvalue weighted by Crippen LogP contribution is 2.35. The Bertz CT molecular complexity index is 1070. The highest BCUT2D eigenvalue weighted by molar-refractivity contribution is 7.93. The molecule has 2 aromatic carbocycles. The van der Waals surface area contributed by atoms with E-state index in [0.717, 1.165) is 32.8 Å². The summed E-state index contributed by atoms with van der Waals surface area (Å²) in [5.41, 5.74) is 6.24. The quantitative estimate of drug-likeness (QED) is 0.442. The van der Waals surface area contributed by atoms with Crippen LogP contribution in [0.1, 0.15) is 18.9 Å². The van der Waals surface area contributed by atoms with E-state index in [0.29, 0.717) is 23.7 Å². The number of primary amides is 1. The van der Waals surface area contributed by atoms with Crippen molar-refractivity contribution in [2.24, 2.45) is 5.73 Å². The zero-order valence-electron chi connectivity index (χ0n) is 20.2. The number of carbonyl (C=O) groups excluding carboxylic acids is 1. The summed E-state index contributed by atoms with van der Waals surface area (Å²) in [7, 11) is -2.89. The van der Waals surface area contributed by atoms with Crippen molar-refractivity contribution in [3.63, 3.8) is 0 Å². The molecule has 0 aromatic heterocycles. The number of nitrogens with two attached hydrogens (primary N) is 1. The van der Waals surface area contributed by atoms with Crippen LogP contribution in [-0.2, 0) is 25.8 Å². The second-order valence-corrected chi connectivity index (χ2v) is 10.7. The van der Waals surface area contributed by atoms with Gasteiger partial charge in [-0.1, -0.05) is 19.1 Å². The first-order valence-corrected chi connectivity index (χ1v) is 13.1. The van der Waals surface area contributed by atoms with Crippen molar-refractivity contribution in [1.29, 1.82) is 0 Å². The molecule has 0 bridgehead atoms. The van der Waals surface area contributed by atoms with E-state index in [9.17, 15) is 18.3 Å². The summed E-state index contributed by atoms with van der Waals surface area (Å²) in [6, 6.07) is 12.5. The van der Waals surface area contributed by atoms with Crippen molar-refractivity contribution >= 4 is 15.7 Å². The Kier molecular flexibility index (Phi) is 9.12. The van der Waals surface area contributed by atoms with Crippen LogP contribution in [0, 0.1) is 0 Å². The number of benzene rings is 2. The Balaban J connectivity index is 1.81. The summed E-state index contributed by atoms with van der Waals surface area (Å²) >= 11 is 0. The van der Waals surface area contributed by atoms with Crippen LogP contribution in [0.5, 0.6) is 11.5 Å². The SMILES string of the molecule is CCC(O)C(Cc1ccc(OCCN2CCOCC2)cc1)(C(N)=O)S(=O)(=O)c1ccc(OC)cc1. The van der Waals surface area contributed by atoms with Gasteiger partial charge in [-0.15, -0.1) is 0 Å². The normalized spacial score (nSPS) is 17.3. The number of rotatable bonds is 12. The summed E-state index contributed by atoms with van der Waals surface area (Å²) in [6.45, 7) is 6.08. The zero-order valence-corrected chi connectivity index (χ0v) is 21.0. The first kappa shape index (κ1) is 26.9. The molecule has 0 aliphatic carbocycles. The number of carbonyl (C=O) groups is 1. The van der Waals surface area contributed by atoms with Gasteiger partial charge >= 0.3 is 0 Å². The lowest BCUT2D eigenvalue weighted by Crippen LogP contribution is -2.59. The second-order valence-electron chi connectivity index (χ2n) is 8.48. The number of amides is 1. The van der Waals surface area contributed by atoms with Crippen LogP contribution in [0.25, 0.3) is 0 Å². The lowest BCUT2D eigenvalue weighted by atomic mass is 9.90. The molecule has 9 nitrogen and oxygen atoms in total. The van der Waals surface area contributed by atoms with E-state index in [1.807, 2.05) is 0 Å². The number of hydrogen-bond acceptors (Lipinski definition) is 8. The summed E-state index contributed by atoms with van der Waals surface area (Å²) in [6.07, 6.45) is -1.75. The van der Waals surface area contributed by atoms with Gasteiger partial charge in [0.25, 0.3) is 0 Å². The predicted molar refractivity (Wildman–Crippen MR) is 131 cm³/mol. The first-order chi connectivity index (χ1) is 16.7. The fraction of sp³-hybridized carbons (Fsp3) is 0.480. The van der Waals surface area contributed by atoms with Gasteiger partial charge in [-0.2, -0.15) is 0 Å². The van der Waals surface area contributed by atoms with Crippen LogP contribution in [0.2, 0.25) is 0 Å². The minimum absolute atomic E-state index is 0.0288. The summed E-state index contributed by atoms with van der Waals surface area (Å²) in [5.74, 6) is -0.0110. The molecule has 1 amide bonds. The molecule has 10 heteroatoms. The van der Waals surface area contributed by atoms with Gasteiger partial charge in [0.05, 0.1) is 31.3 Å². The van der Waals surface area contributed by atoms with Gasteiger partial charge in [0.15, 0.2) is 14.6 Å². The summed E-state index contributed by atoms with van der Waals surface area (Å²) < 4.78 is 41.4. The van der Waals surface area contributed by atoms with Crippen LogP contribution >= 0.6 is 0 Å². The predicted octanol–water partition coefficient (Wildman–Crippen LogP) is 1.42. The number of morpholine rings is 1. The smallest absolute Gasteiger partial charge is 0.242 e. The fourth-order valence-corrected chi connectivity index (χ4v) is 6.26. The van der Waals surface area contributed by atoms with Crippen molar-refractivity contribution in [1.82, 2.24) is 4.90 Å². The number of aliphatic hydroxyl groups is 1. The second kappa shape index (κ2) is 11.9. The maximum absolute atomic E-state index is 13.7. The van der Waals surface area contributed by atoms with Crippen LogP contribution in [0.4, 0.5) is 0 Å². The van der Waals surface area contributed by atoms with Gasteiger partial charge in [-0.05, 0) is 48.4 Å². The van der Waals surface area contributed by atoms with E-state index in [2.05, 4.69) is 4.90 Å². The maximum atomic E-state index is 13.7. The number of methoxy groups -OCH3 is 1. The first-order valence-electron chi connectivity index (χ1n) is 11.6. The van der Waals surface area contributed by atoms with Gasteiger partial charge < -0.3 is 25.1 Å². The van der Waals surface area contributed by atoms with Crippen molar-refractivity contribution in [2.45, 2.75) is 35.5 Å². The van der Waals surface area contributed by atoms with Crippen molar-refractivity contribution < 1.29 is 32.5 Å². The molecule has 0 radical (unpaired) electrons. The van der Waals surface area contributed by atoms with Crippen LogP contribution in [0.3, 0.4) is 0 Å². The molecule has 1 fully saturated rings. The number of sulfone groups is 1. The highest BCUT2D eigenvalue weighted by atomic mass is 32.2. The van der Waals surface area contributed by atoms with Gasteiger partial charge in [-0.3, -0.25) is 9.69 Å². The number of nitrogens with zero attached hydrogens (tertiary/aromatic N) is 1. The third kappa shape index (κ3) is 5.95. The lowest BCUT2D eigenvalue weighted by Gasteiger charge is -2.34. The van der Waals surface area contributed by atoms with E-state index >= 15 is 0 Å². The molecule has 2 unspecified atom stereocenters. The molecule has 0 saturated carbocycles. The van der Waals surface area contributed by atoms with Crippen molar-refractivity contribution in [3.05, 3.63) is 54.1 Å². The van der Waals surface area contributed by atoms with Gasteiger partial charge in [0.1, 0.15) is 18.1 Å². The Morgan fingerprint density at radius 1 is 1.11 bits per heavy atom.